The van der Waals surface area contributed by atoms with E-state index in [1.165, 1.54) is 10.8 Å². The fourth-order valence-electron chi connectivity index (χ4n) is 2.23. The highest BCUT2D eigenvalue weighted by molar-refractivity contribution is 5.73. The molecule has 1 fully saturated rings. The molecule has 2 aromatic rings. The van der Waals surface area contributed by atoms with Gasteiger partial charge in [-0.3, -0.25) is 4.79 Å². The highest BCUT2D eigenvalue weighted by Crippen LogP contribution is 2.41. The maximum absolute atomic E-state index is 10.8. The highest BCUT2D eigenvalue weighted by Gasteiger charge is 2.47. The molecule has 8 nitrogen and oxygen atoms in total. The summed E-state index contributed by atoms with van der Waals surface area (Å²) in [6.07, 6.45) is 0.794. The number of aliphatic hydroxyl groups is 1. The van der Waals surface area contributed by atoms with Crippen LogP contribution >= 0.6 is 0 Å². The molecule has 3 unspecified atom stereocenters. The lowest BCUT2D eigenvalue weighted by Crippen LogP contribution is -2.12. The Bertz CT molecular complexity index is 788. The third-order valence-corrected chi connectivity index (χ3v) is 3.55. The standard InChI is InChI=1S/C13H13N5O3/c1-6-7(11(14)18-13(17-6)15-5-16-18)2-3-10(19)8-4-9(8)12(20)21/h5,8-10,19H,4,14H2,1H3,(H,20,21). The van der Waals surface area contributed by atoms with Gasteiger partial charge < -0.3 is 15.9 Å². The molecule has 1 aliphatic carbocycles. The van der Waals surface area contributed by atoms with Gasteiger partial charge in [0.25, 0.3) is 5.78 Å². The molecule has 0 aliphatic heterocycles. The molecule has 0 spiro atoms. The Morgan fingerprint density at radius 3 is 3.05 bits per heavy atom. The van der Waals surface area contributed by atoms with Gasteiger partial charge in [0.1, 0.15) is 18.2 Å². The number of aliphatic carboxylic acids is 1. The first-order valence-corrected chi connectivity index (χ1v) is 6.37. The number of hydrogen-bond acceptors (Lipinski definition) is 6. The topological polar surface area (TPSA) is 127 Å². The largest absolute Gasteiger partial charge is 0.481 e. The van der Waals surface area contributed by atoms with Crippen LogP contribution in [0.5, 0.6) is 0 Å². The minimum atomic E-state index is -0.989. The molecule has 3 atom stereocenters. The van der Waals surface area contributed by atoms with E-state index in [-0.39, 0.29) is 5.92 Å². The summed E-state index contributed by atoms with van der Waals surface area (Å²) >= 11 is 0. The molecule has 4 N–H and O–H groups in total. The molecule has 2 aromatic heterocycles. The predicted octanol–water partition coefficient (Wildman–Crippen LogP) is -0.552. The number of carboxylic acids is 1. The van der Waals surface area contributed by atoms with E-state index in [4.69, 9.17) is 10.8 Å². The fourth-order valence-corrected chi connectivity index (χ4v) is 2.23. The molecule has 21 heavy (non-hydrogen) atoms. The van der Waals surface area contributed by atoms with Crippen molar-refractivity contribution in [2.24, 2.45) is 11.8 Å². The van der Waals surface area contributed by atoms with E-state index in [0.717, 1.165) is 0 Å². The van der Waals surface area contributed by atoms with E-state index in [2.05, 4.69) is 26.9 Å². The second kappa shape index (κ2) is 4.71. The van der Waals surface area contributed by atoms with E-state index in [0.29, 0.717) is 29.3 Å². The number of nitrogens with zero attached hydrogens (tertiary/aromatic N) is 4. The van der Waals surface area contributed by atoms with Crippen LogP contribution in [0.25, 0.3) is 5.78 Å². The second-order valence-corrected chi connectivity index (χ2v) is 4.99. The number of fused-ring (bicyclic) bond motifs is 1. The number of hydrogen-bond donors (Lipinski definition) is 3. The summed E-state index contributed by atoms with van der Waals surface area (Å²) in [7, 11) is 0. The van der Waals surface area contributed by atoms with E-state index in [9.17, 15) is 9.90 Å². The molecule has 0 saturated heterocycles. The van der Waals surface area contributed by atoms with Crippen LogP contribution in [0.2, 0.25) is 0 Å². The molecule has 8 heteroatoms. The minimum absolute atomic E-state index is 0.292. The van der Waals surface area contributed by atoms with Gasteiger partial charge in [-0.15, -0.1) is 0 Å². The van der Waals surface area contributed by atoms with E-state index in [1.807, 2.05) is 0 Å². The van der Waals surface area contributed by atoms with Crippen molar-refractivity contribution in [3.63, 3.8) is 0 Å². The average molecular weight is 287 g/mol. The summed E-state index contributed by atoms with van der Waals surface area (Å²) in [5, 5.41) is 22.7. The Morgan fingerprint density at radius 1 is 1.62 bits per heavy atom. The van der Waals surface area contributed by atoms with Crippen LogP contribution in [0.1, 0.15) is 17.7 Å². The first-order valence-electron chi connectivity index (χ1n) is 6.37. The molecule has 0 bridgehead atoms. The van der Waals surface area contributed by atoms with Crippen LogP contribution in [0.15, 0.2) is 6.33 Å². The van der Waals surface area contributed by atoms with Crippen molar-refractivity contribution in [3.05, 3.63) is 17.6 Å². The van der Waals surface area contributed by atoms with Gasteiger partial charge >= 0.3 is 5.97 Å². The first-order chi connectivity index (χ1) is 9.99. The zero-order valence-electron chi connectivity index (χ0n) is 11.2. The monoisotopic (exact) mass is 287 g/mol. The molecule has 3 rings (SSSR count). The van der Waals surface area contributed by atoms with Gasteiger partial charge in [0, 0.05) is 5.92 Å². The molecule has 0 aromatic carbocycles. The minimum Gasteiger partial charge on any atom is -0.481 e. The molecule has 2 heterocycles. The number of aromatic nitrogens is 4. The molecule has 0 radical (unpaired) electrons. The van der Waals surface area contributed by atoms with Crippen molar-refractivity contribution in [1.29, 1.82) is 0 Å². The van der Waals surface area contributed by atoms with Crippen molar-refractivity contribution in [3.8, 4) is 11.8 Å². The van der Waals surface area contributed by atoms with Gasteiger partial charge in [0.05, 0.1) is 17.2 Å². The number of carbonyl (C=O) groups is 1. The molecular weight excluding hydrogens is 274 g/mol. The van der Waals surface area contributed by atoms with Gasteiger partial charge in [-0.1, -0.05) is 11.8 Å². The number of carboxylic acid groups (broad SMARTS) is 1. The first kappa shape index (κ1) is 13.3. The van der Waals surface area contributed by atoms with Crippen molar-refractivity contribution in [2.45, 2.75) is 19.4 Å². The van der Waals surface area contributed by atoms with Crippen LogP contribution < -0.4 is 5.73 Å². The second-order valence-electron chi connectivity index (χ2n) is 4.99. The summed E-state index contributed by atoms with van der Waals surface area (Å²) in [6, 6.07) is 0. The number of aryl methyl sites for hydroxylation is 1. The zero-order chi connectivity index (χ0) is 15.1. The van der Waals surface area contributed by atoms with Crippen LogP contribution in [-0.2, 0) is 4.79 Å². The average Bonchev–Trinajstić information content (AvgIpc) is 3.11. The van der Waals surface area contributed by atoms with Gasteiger partial charge in [-0.25, -0.2) is 4.98 Å². The Kier molecular flexibility index (Phi) is 2.99. The van der Waals surface area contributed by atoms with Crippen molar-refractivity contribution >= 4 is 17.6 Å². The summed E-state index contributed by atoms with van der Waals surface area (Å²) in [4.78, 5) is 18.9. The Hall–Kier alpha value is -2.66. The quantitative estimate of drug-likeness (QED) is 0.632. The van der Waals surface area contributed by atoms with E-state index < -0.39 is 18.0 Å². The third kappa shape index (κ3) is 2.28. The number of aliphatic hydroxyl groups excluding tert-OH is 1. The lowest BCUT2D eigenvalue weighted by Gasteiger charge is -2.04. The third-order valence-electron chi connectivity index (χ3n) is 3.55. The highest BCUT2D eigenvalue weighted by atomic mass is 16.4. The summed E-state index contributed by atoms with van der Waals surface area (Å²) in [6.45, 7) is 1.73. The normalized spacial score (nSPS) is 21.6. The van der Waals surface area contributed by atoms with Crippen LogP contribution in [0.3, 0.4) is 0 Å². The van der Waals surface area contributed by atoms with Crippen LogP contribution in [-0.4, -0.2) is 41.9 Å². The molecule has 0 amide bonds. The summed E-state index contributed by atoms with van der Waals surface area (Å²) < 4.78 is 1.36. The predicted molar refractivity (Wildman–Crippen MR) is 72.0 cm³/mol. The Balaban J connectivity index is 1.89. The number of anilines is 1. The van der Waals surface area contributed by atoms with Crippen molar-refractivity contribution in [2.75, 3.05) is 5.73 Å². The van der Waals surface area contributed by atoms with Gasteiger partial charge in [0.15, 0.2) is 0 Å². The number of nitrogen functional groups attached to an aromatic ring is 1. The van der Waals surface area contributed by atoms with Crippen molar-refractivity contribution < 1.29 is 15.0 Å². The fraction of sp³-hybridized carbons (Fsp3) is 0.385. The van der Waals surface area contributed by atoms with E-state index in [1.54, 1.807) is 6.92 Å². The lowest BCUT2D eigenvalue weighted by atomic mass is 10.1. The molecule has 108 valence electrons. The summed E-state index contributed by atoms with van der Waals surface area (Å²) in [5.74, 6) is 4.36. The SMILES string of the molecule is Cc1nc2ncnn2c(N)c1C#CC(O)C1CC1C(=O)O. The molecular formula is C13H13N5O3. The Morgan fingerprint density at radius 2 is 2.38 bits per heavy atom. The Labute approximate surface area is 119 Å². The number of nitrogens with two attached hydrogens (primary N) is 1. The van der Waals surface area contributed by atoms with Crippen molar-refractivity contribution in [1.82, 2.24) is 19.6 Å². The molecule has 1 saturated carbocycles. The van der Waals surface area contributed by atoms with Gasteiger partial charge in [-0.2, -0.15) is 14.6 Å². The number of rotatable bonds is 2. The van der Waals surface area contributed by atoms with Crippen LogP contribution in [0, 0.1) is 30.6 Å². The lowest BCUT2D eigenvalue weighted by molar-refractivity contribution is -0.139. The van der Waals surface area contributed by atoms with Gasteiger partial charge in [-0.05, 0) is 13.3 Å². The maximum Gasteiger partial charge on any atom is 0.306 e. The molecule has 1 aliphatic rings. The van der Waals surface area contributed by atoms with Crippen LogP contribution in [0.4, 0.5) is 5.82 Å². The smallest absolute Gasteiger partial charge is 0.306 e. The summed E-state index contributed by atoms with van der Waals surface area (Å²) in [5.41, 5.74) is 7.00. The van der Waals surface area contributed by atoms with Gasteiger partial charge in [0.2, 0.25) is 0 Å². The maximum atomic E-state index is 10.8. The zero-order valence-corrected chi connectivity index (χ0v) is 11.2. The van der Waals surface area contributed by atoms with E-state index >= 15 is 0 Å².